The van der Waals surface area contributed by atoms with Gasteiger partial charge < -0.3 is 0 Å². The lowest BCUT2D eigenvalue weighted by molar-refractivity contribution is -0.141. The van der Waals surface area contributed by atoms with Gasteiger partial charge in [0.25, 0.3) is 0 Å². The largest absolute Gasteiger partial charge is 0.277 e. The maximum absolute atomic E-state index is 12.8. The Kier molecular flexibility index (Phi) is 2.80. The summed E-state index contributed by atoms with van der Waals surface area (Å²) >= 11 is 0. The molecule has 1 aromatic carbocycles. The topological polar surface area (TPSA) is 55.2 Å². The number of fused-ring (bicyclic) bond motifs is 5. The van der Waals surface area contributed by atoms with E-state index in [1.807, 2.05) is 36.5 Å². The Bertz CT molecular complexity index is 825. The zero-order valence-electron chi connectivity index (χ0n) is 13.1. The van der Waals surface area contributed by atoms with E-state index in [0.29, 0.717) is 6.54 Å². The third-order valence-electron chi connectivity index (χ3n) is 5.63. The van der Waals surface area contributed by atoms with Crippen molar-refractivity contribution in [1.29, 1.82) is 0 Å². The van der Waals surface area contributed by atoms with E-state index >= 15 is 0 Å². The number of allylic oxidation sites excluding steroid dienone is 2. The second-order valence-corrected chi connectivity index (χ2v) is 6.84. The first-order valence-corrected chi connectivity index (χ1v) is 8.35. The summed E-state index contributed by atoms with van der Waals surface area (Å²) in [6, 6.07) is 9.64. The molecule has 1 saturated carbocycles. The van der Waals surface area contributed by atoms with Crippen molar-refractivity contribution in [3.05, 3.63) is 60.4 Å². The Hall–Kier alpha value is -2.69. The summed E-state index contributed by atoms with van der Waals surface area (Å²) in [4.78, 5) is 27.1. The first kappa shape index (κ1) is 13.7. The fourth-order valence-electron chi connectivity index (χ4n) is 4.57. The molecule has 2 aromatic rings. The van der Waals surface area contributed by atoms with Crippen LogP contribution in [0.5, 0.6) is 0 Å². The Labute approximate surface area is 139 Å². The first-order chi connectivity index (χ1) is 11.7. The van der Waals surface area contributed by atoms with Crippen LogP contribution >= 0.6 is 0 Å². The molecule has 0 N–H and O–H groups in total. The number of nitrogens with zero attached hydrogens (tertiary/aromatic N) is 3. The molecule has 5 nitrogen and oxygen atoms in total. The molecule has 4 atom stereocenters. The summed E-state index contributed by atoms with van der Waals surface area (Å²) in [5, 5.41) is 4.27. The van der Waals surface area contributed by atoms with Crippen LogP contribution in [0.4, 0.5) is 0 Å². The highest BCUT2D eigenvalue weighted by Crippen LogP contribution is 2.52. The quantitative estimate of drug-likeness (QED) is 0.643. The number of rotatable bonds is 3. The number of hydrogen-bond acceptors (Lipinski definition) is 3. The fourth-order valence-corrected chi connectivity index (χ4v) is 4.57. The van der Waals surface area contributed by atoms with Crippen molar-refractivity contribution in [3.8, 4) is 5.69 Å². The SMILES string of the molecule is O=C1[C@@H]2[C@@H](C(=O)N1Cc1ccccc1-n1cccn1)[C@H]1C=C[C@H]2C1. The van der Waals surface area contributed by atoms with Gasteiger partial charge in [0, 0.05) is 12.4 Å². The first-order valence-electron chi connectivity index (χ1n) is 8.35. The highest BCUT2D eigenvalue weighted by molar-refractivity contribution is 6.06. The number of carbonyl (C=O) groups is 2. The minimum atomic E-state index is -0.135. The number of benzene rings is 1. The van der Waals surface area contributed by atoms with E-state index in [1.165, 1.54) is 4.90 Å². The summed E-state index contributed by atoms with van der Waals surface area (Å²) in [6.45, 7) is 0.320. The van der Waals surface area contributed by atoms with Gasteiger partial charge in [-0.3, -0.25) is 14.5 Å². The lowest BCUT2D eigenvalue weighted by Crippen LogP contribution is -2.32. The van der Waals surface area contributed by atoms with Crippen LogP contribution in [0.2, 0.25) is 0 Å². The number of aromatic nitrogens is 2. The lowest BCUT2D eigenvalue weighted by atomic mass is 9.85. The van der Waals surface area contributed by atoms with Crippen LogP contribution in [-0.2, 0) is 16.1 Å². The molecule has 1 aromatic heterocycles. The van der Waals surface area contributed by atoms with E-state index < -0.39 is 0 Å². The summed E-state index contributed by atoms with van der Waals surface area (Å²) in [5.41, 5.74) is 1.84. The standard InChI is InChI=1S/C19H17N3O2/c23-18-16-12-6-7-13(10-12)17(16)19(24)21(18)11-14-4-1-2-5-15(14)22-9-3-8-20-22/h1-9,12-13,16-17H,10-11H2/t12-,13-,16-,17-/m0/s1. The van der Waals surface area contributed by atoms with Crippen molar-refractivity contribution in [2.75, 3.05) is 0 Å². The lowest BCUT2D eigenvalue weighted by Gasteiger charge is -2.19. The van der Waals surface area contributed by atoms with Crippen molar-refractivity contribution in [1.82, 2.24) is 14.7 Å². The summed E-state index contributed by atoms with van der Waals surface area (Å²) in [6.07, 6.45) is 8.79. The van der Waals surface area contributed by atoms with Crippen LogP contribution < -0.4 is 0 Å². The highest BCUT2D eigenvalue weighted by Gasteiger charge is 2.59. The Morgan fingerprint density at radius 2 is 1.71 bits per heavy atom. The second kappa shape index (κ2) is 4.90. The van der Waals surface area contributed by atoms with Crippen LogP contribution in [0.25, 0.3) is 5.69 Å². The van der Waals surface area contributed by atoms with Gasteiger partial charge >= 0.3 is 0 Å². The molecule has 1 saturated heterocycles. The van der Waals surface area contributed by atoms with Crippen LogP contribution in [0.3, 0.4) is 0 Å². The van der Waals surface area contributed by atoms with Crippen LogP contribution in [0, 0.1) is 23.7 Å². The molecule has 3 aliphatic rings. The highest BCUT2D eigenvalue weighted by atomic mass is 16.2. The zero-order valence-corrected chi connectivity index (χ0v) is 13.1. The second-order valence-electron chi connectivity index (χ2n) is 6.84. The molecule has 2 heterocycles. The predicted octanol–water partition coefficient (Wildman–Crippen LogP) is 2.18. The molecule has 0 unspecified atom stereocenters. The van der Waals surface area contributed by atoms with Crippen molar-refractivity contribution in [2.24, 2.45) is 23.7 Å². The van der Waals surface area contributed by atoms with Gasteiger partial charge in [-0.2, -0.15) is 5.10 Å². The van der Waals surface area contributed by atoms with Gasteiger partial charge in [-0.15, -0.1) is 0 Å². The van der Waals surface area contributed by atoms with Gasteiger partial charge in [-0.1, -0.05) is 30.4 Å². The van der Waals surface area contributed by atoms with Crippen molar-refractivity contribution < 1.29 is 9.59 Å². The van der Waals surface area contributed by atoms with Crippen molar-refractivity contribution in [2.45, 2.75) is 13.0 Å². The third-order valence-corrected chi connectivity index (χ3v) is 5.63. The van der Waals surface area contributed by atoms with E-state index in [1.54, 1.807) is 10.9 Å². The molecule has 2 fully saturated rings. The maximum atomic E-state index is 12.8. The molecule has 2 bridgehead atoms. The molecule has 120 valence electrons. The predicted molar refractivity (Wildman–Crippen MR) is 86.8 cm³/mol. The minimum Gasteiger partial charge on any atom is -0.277 e. The Morgan fingerprint density at radius 3 is 2.38 bits per heavy atom. The van der Waals surface area contributed by atoms with E-state index in [0.717, 1.165) is 17.7 Å². The minimum absolute atomic E-state index is 0.00267. The number of imide groups is 1. The number of amides is 2. The number of para-hydroxylation sites is 1. The fraction of sp³-hybridized carbons (Fsp3) is 0.316. The average molecular weight is 319 g/mol. The molecule has 1 aliphatic heterocycles. The van der Waals surface area contributed by atoms with E-state index in [-0.39, 0.29) is 35.5 Å². The average Bonchev–Trinajstić information content (AvgIpc) is 3.37. The number of carbonyl (C=O) groups excluding carboxylic acids is 2. The van der Waals surface area contributed by atoms with Gasteiger partial charge in [0.05, 0.1) is 24.1 Å². The molecule has 0 radical (unpaired) electrons. The summed E-state index contributed by atoms with van der Waals surface area (Å²) < 4.78 is 1.77. The molecular weight excluding hydrogens is 302 g/mol. The summed E-state index contributed by atoms with van der Waals surface area (Å²) in [5.74, 6) is 0.230. The molecular formula is C19H17N3O2. The molecule has 5 rings (SSSR count). The smallest absolute Gasteiger partial charge is 0.234 e. The molecule has 2 amide bonds. The number of likely N-dealkylation sites (tertiary alicyclic amines) is 1. The van der Waals surface area contributed by atoms with Gasteiger partial charge in [0.2, 0.25) is 11.8 Å². The maximum Gasteiger partial charge on any atom is 0.234 e. The van der Waals surface area contributed by atoms with Crippen molar-refractivity contribution >= 4 is 11.8 Å². The third kappa shape index (κ3) is 1.78. The van der Waals surface area contributed by atoms with Gasteiger partial charge in [0.15, 0.2) is 0 Å². The Balaban J connectivity index is 1.48. The zero-order chi connectivity index (χ0) is 16.3. The summed E-state index contributed by atoms with van der Waals surface area (Å²) in [7, 11) is 0. The van der Waals surface area contributed by atoms with E-state index in [9.17, 15) is 9.59 Å². The molecule has 0 spiro atoms. The number of hydrogen-bond donors (Lipinski definition) is 0. The molecule has 24 heavy (non-hydrogen) atoms. The molecule has 5 heteroatoms. The Morgan fingerprint density at radius 1 is 1.00 bits per heavy atom. The normalized spacial score (nSPS) is 30.4. The van der Waals surface area contributed by atoms with E-state index in [4.69, 9.17) is 0 Å². The van der Waals surface area contributed by atoms with Gasteiger partial charge in [-0.05, 0) is 36.0 Å². The van der Waals surface area contributed by atoms with E-state index in [2.05, 4.69) is 17.3 Å². The van der Waals surface area contributed by atoms with Crippen LogP contribution in [0.1, 0.15) is 12.0 Å². The van der Waals surface area contributed by atoms with Crippen LogP contribution in [0.15, 0.2) is 54.9 Å². The van der Waals surface area contributed by atoms with Crippen LogP contribution in [-0.4, -0.2) is 26.5 Å². The van der Waals surface area contributed by atoms with Crippen molar-refractivity contribution in [3.63, 3.8) is 0 Å². The van der Waals surface area contributed by atoms with Gasteiger partial charge in [0.1, 0.15) is 0 Å². The molecule has 2 aliphatic carbocycles. The monoisotopic (exact) mass is 319 g/mol. The van der Waals surface area contributed by atoms with Gasteiger partial charge in [-0.25, -0.2) is 4.68 Å².